The highest BCUT2D eigenvalue weighted by Gasteiger charge is 2.08. The maximum absolute atomic E-state index is 5.37. The summed E-state index contributed by atoms with van der Waals surface area (Å²) in [5.74, 6) is 2.97. The van der Waals surface area contributed by atoms with Crippen LogP contribution in [0, 0.1) is 0 Å². The van der Waals surface area contributed by atoms with Gasteiger partial charge in [0, 0.05) is 17.3 Å². The predicted molar refractivity (Wildman–Crippen MR) is 103 cm³/mol. The molecule has 0 saturated heterocycles. The Morgan fingerprint density at radius 3 is 2.23 bits per heavy atom. The van der Waals surface area contributed by atoms with Gasteiger partial charge in [0.1, 0.15) is 17.4 Å². The molecule has 0 bridgehead atoms. The molecular formula is C21H18N4O. The molecule has 2 aromatic carbocycles. The molecule has 0 aliphatic carbocycles. The van der Waals surface area contributed by atoms with Gasteiger partial charge in [0.25, 0.3) is 0 Å². The summed E-state index contributed by atoms with van der Waals surface area (Å²) in [6, 6.07) is 25.6. The number of hydrogen-bond donors (Lipinski definition) is 2. The number of anilines is 3. The molecule has 2 heterocycles. The molecule has 0 aliphatic heterocycles. The third kappa shape index (κ3) is 3.89. The van der Waals surface area contributed by atoms with Crippen LogP contribution in [0.4, 0.5) is 17.3 Å². The number of rotatable bonds is 6. The van der Waals surface area contributed by atoms with Gasteiger partial charge >= 0.3 is 0 Å². The summed E-state index contributed by atoms with van der Waals surface area (Å²) < 4.78 is 5.37. The van der Waals surface area contributed by atoms with E-state index in [0.717, 1.165) is 28.6 Å². The highest BCUT2D eigenvalue weighted by molar-refractivity contribution is 5.65. The molecule has 0 amide bonds. The molecule has 2 aromatic heterocycles. The summed E-state index contributed by atoms with van der Waals surface area (Å²) >= 11 is 0. The standard InChI is InChI=1S/C21H18N4O/c1-3-8-16(9-4-1)21-24-19(22-15-18-12-7-13-26-18)14-20(25-21)23-17-10-5-2-6-11-17/h1-14H,15H2,(H2,22,23,24,25). The average Bonchev–Trinajstić information content (AvgIpc) is 3.21. The molecule has 0 fully saturated rings. The van der Waals surface area contributed by atoms with Crippen LogP contribution in [0.1, 0.15) is 5.76 Å². The summed E-state index contributed by atoms with van der Waals surface area (Å²) in [6.45, 7) is 0.559. The molecule has 26 heavy (non-hydrogen) atoms. The van der Waals surface area contributed by atoms with E-state index in [0.29, 0.717) is 12.4 Å². The van der Waals surface area contributed by atoms with Crippen LogP contribution in [0.25, 0.3) is 11.4 Å². The quantitative estimate of drug-likeness (QED) is 0.511. The molecule has 5 nitrogen and oxygen atoms in total. The van der Waals surface area contributed by atoms with Crippen molar-refractivity contribution in [3.05, 3.63) is 90.9 Å². The van der Waals surface area contributed by atoms with Crippen LogP contribution in [0.5, 0.6) is 0 Å². The molecule has 0 aliphatic rings. The Bertz CT molecular complexity index is 954. The molecule has 0 atom stereocenters. The van der Waals surface area contributed by atoms with E-state index in [9.17, 15) is 0 Å². The van der Waals surface area contributed by atoms with Gasteiger partial charge in [-0.3, -0.25) is 0 Å². The van der Waals surface area contributed by atoms with Crippen LogP contribution in [0.15, 0.2) is 89.5 Å². The Balaban J connectivity index is 1.64. The predicted octanol–water partition coefficient (Wildman–Crippen LogP) is 5.09. The van der Waals surface area contributed by atoms with Crippen molar-refractivity contribution in [1.29, 1.82) is 0 Å². The molecule has 0 saturated carbocycles. The molecule has 4 rings (SSSR count). The normalized spacial score (nSPS) is 10.5. The topological polar surface area (TPSA) is 63.0 Å². The van der Waals surface area contributed by atoms with Gasteiger partial charge in [-0.25, -0.2) is 9.97 Å². The lowest BCUT2D eigenvalue weighted by Gasteiger charge is -2.11. The van der Waals surface area contributed by atoms with Crippen LogP contribution in [-0.2, 0) is 6.54 Å². The molecule has 128 valence electrons. The Morgan fingerprint density at radius 1 is 0.769 bits per heavy atom. The minimum absolute atomic E-state index is 0.559. The first-order valence-corrected chi connectivity index (χ1v) is 8.40. The van der Waals surface area contributed by atoms with Crippen molar-refractivity contribution in [2.75, 3.05) is 10.6 Å². The fourth-order valence-corrected chi connectivity index (χ4v) is 2.58. The van der Waals surface area contributed by atoms with E-state index < -0.39 is 0 Å². The highest BCUT2D eigenvalue weighted by atomic mass is 16.3. The minimum atomic E-state index is 0.559. The van der Waals surface area contributed by atoms with Crippen molar-refractivity contribution in [2.24, 2.45) is 0 Å². The van der Waals surface area contributed by atoms with Gasteiger partial charge in [0.2, 0.25) is 0 Å². The van der Waals surface area contributed by atoms with Crippen LogP contribution in [0.2, 0.25) is 0 Å². The van der Waals surface area contributed by atoms with Gasteiger partial charge in [-0.2, -0.15) is 0 Å². The second kappa shape index (κ2) is 7.53. The third-order valence-electron chi connectivity index (χ3n) is 3.83. The Hall–Kier alpha value is -3.60. The first kappa shape index (κ1) is 15.9. The monoisotopic (exact) mass is 342 g/mol. The smallest absolute Gasteiger partial charge is 0.163 e. The van der Waals surface area contributed by atoms with E-state index in [1.807, 2.05) is 78.9 Å². The van der Waals surface area contributed by atoms with Crippen molar-refractivity contribution in [2.45, 2.75) is 6.54 Å². The third-order valence-corrected chi connectivity index (χ3v) is 3.83. The minimum Gasteiger partial charge on any atom is -0.467 e. The van der Waals surface area contributed by atoms with Gasteiger partial charge < -0.3 is 15.1 Å². The first-order chi connectivity index (χ1) is 12.9. The van der Waals surface area contributed by atoms with Crippen LogP contribution < -0.4 is 10.6 Å². The lowest BCUT2D eigenvalue weighted by Crippen LogP contribution is -2.04. The van der Waals surface area contributed by atoms with E-state index in [1.165, 1.54) is 0 Å². The number of hydrogen-bond acceptors (Lipinski definition) is 5. The van der Waals surface area contributed by atoms with Gasteiger partial charge in [0.15, 0.2) is 5.82 Å². The number of nitrogens with one attached hydrogen (secondary N) is 2. The summed E-state index contributed by atoms with van der Waals surface area (Å²) in [4.78, 5) is 9.30. The van der Waals surface area contributed by atoms with Crippen LogP contribution in [-0.4, -0.2) is 9.97 Å². The van der Waals surface area contributed by atoms with Crippen molar-refractivity contribution in [3.63, 3.8) is 0 Å². The molecule has 4 aromatic rings. The molecular weight excluding hydrogens is 324 g/mol. The SMILES string of the molecule is c1ccc(Nc2cc(NCc3ccco3)nc(-c3ccccc3)n2)cc1. The van der Waals surface area contributed by atoms with Crippen LogP contribution >= 0.6 is 0 Å². The zero-order valence-corrected chi connectivity index (χ0v) is 14.1. The van der Waals surface area contributed by atoms with Crippen molar-refractivity contribution >= 4 is 17.3 Å². The van der Waals surface area contributed by atoms with Gasteiger partial charge in [0.05, 0.1) is 12.8 Å². The van der Waals surface area contributed by atoms with E-state index in [-0.39, 0.29) is 0 Å². The van der Waals surface area contributed by atoms with Gasteiger partial charge in [-0.1, -0.05) is 48.5 Å². The van der Waals surface area contributed by atoms with E-state index in [1.54, 1.807) is 6.26 Å². The van der Waals surface area contributed by atoms with Crippen molar-refractivity contribution < 1.29 is 4.42 Å². The molecule has 0 spiro atoms. The highest BCUT2D eigenvalue weighted by Crippen LogP contribution is 2.23. The van der Waals surface area contributed by atoms with Crippen LogP contribution in [0.3, 0.4) is 0 Å². The number of furan rings is 1. The summed E-state index contributed by atoms with van der Waals surface area (Å²) in [5.41, 5.74) is 1.94. The summed E-state index contributed by atoms with van der Waals surface area (Å²) in [5, 5.41) is 6.63. The number of benzene rings is 2. The summed E-state index contributed by atoms with van der Waals surface area (Å²) in [7, 11) is 0. The first-order valence-electron chi connectivity index (χ1n) is 8.40. The second-order valence-corrected chi connectivity index (χ2v) is 5.75. The fourth-order valence-electron chi connectivity index (χ4n) is 2.58. The Labute approximate surface area is 151 Å². The second-order valence-electron chi connectivity index (χ2n) is 5.75. The average molecular weight is 342 g/mol. The molecule has 2 N–H and O–H groups in total. The van der Waals surface area contributed by atoms with Gasteiger partial charge in [-0.15, -0.1) is 0 Å². The zero-order chi connectivity index (χ0) is 17.6. The number of aromatic nitrogens is 2. The van der Waals surface area contributed by atoms with Crippen molar-refractivity contribution in [1.82, 2.24) is 9.97 Å². The van der Waals surface area contributed by atoms with E-state index in [4.69, 9.17) is 4.42 Å². The maximum atomic E-state index is 5.37. The lowest BCUT2D eigenvalue weighted by atomic mass is 10.2. The lowest BCUT2D eigenvalue weighted by molar-refractivity contribution is 0.518. The van der Waals surface area contributed by atoms with E-state index in [2.05, 4.69) is 20.6 Å². The molecule has 0 radical (unpaired) electrons. The van der Waals surface area contributed by atoms with Crippen molar-refractivity contribution in [3.8, 4) is 11.4 Å². The Kier molecular flexibility index (Phi) is 4.60. The number of nitrogens with zero attached hydrogens (tertiary/aromatic N) is 2. The largest absolute Gasteiger partial charge is 0.467 e. The fraction of sp³-hybridized carbons (Fsp3) is 0.0476. The molecule has 0 unspecified atom stereocenters. The zero-order valence-electron chi connectivity index (χ0n) is 14.1. The maximum Gasteiger partial charge on any atom is 0.163 e. The van der Waals surface area contributed by atoms with E-state index >= 15 is 0 Å². The molecule has 5 heteroatoms. The van der Waals surface area contributed by atoms with Gasteiger partial charge in [-0.05, 0) is 24.3 Å². The summed E-state index contributed by atoms with van der Waals surface area (Å²) in [6.07, 6.45) is 1.66. The number of para-hydroxylation sites is 1. The Morgan fingerprint density at radius 2 is 1.50 bits per heavy atom.